The van der Waals surface area contributed by atoms with Gasteiger partial charge in [0, 0.05) is 19.0 Å². The molecular weight excluding hydrogens is 669 g/mol. The molecule has 4 aromatic carbocycles. The highest BCUT2D eigenvalue weighted by molar-refractivity contribution is 7.92. The van der Waals surface area contributed by atoms with Gasteiger partial charge in [-0.1, -0.05) is 96.7 Å². The molecule has 0 saturated heterocycles. The number of nitrogens with zero attached hydrogens (tertiary/aromatic N) is 2. The number of aryl methyl sites for hydroxylation is 1. The maximum Gasteiger partial charge on any atom is 0.264 e. The molecule has 1 N–H and O–H groups in total. The lowest BCUT2D eigenvalue weighted by molar-refractivity contribution is -0.140. The van der Waals surface area contributed by atoms with Crippen LogP contribution in [0.4, 0.5) is 5.69 Å². The number of hydrogen-bond acceptors (Lipinski definition) is 5. The average Bonchev–Trinajstić information content (AvgIpc) is 3.60. The first-order valence-electron chi connectivity index (χ1n) is 15.9. The molecule has 48 heavy (non-hydrogen) atoms. The second-order valence-electron chi connectivity index (χ2n) is 12.0. The number of benzene rings is 4. The quantitative estimate of drug-likeness (QED) is 0.159. The summed E-state index contributed by atoms with van der Waals surface area (Å²) in [7, 11) is -2.83. The normalized spacial score (nSPS) is 13.9. The third-order valence-electron chi connectivity index (χ3n) is 8.52. The molecular formula is C37H39Cl2N3O5S. The van der Waals surface area contributed by atoms with Gasteiger partial charge >= 0.3 is 0 Å². The molecule has 252 valence electrons. The van der Waals surface area contributed by atoms with Crippen LogP contribution < -0.4 is 14.4 Å². The van der Waals surface area contributed by atoms with Crippen molar-refractivity contribution >= 4 is 50.7 Å². The highest BCUT2D eigenvalue weighted by Crippen LogP contribution is 2.34. The lowest BCUT2D eigenvalue weighted by Gasteiger charge is -2.34. The zero-order chi connectivity index (χ0) is 34.3. The number of carbonyl (C=O) groups excluding carboxylic acids is 2. The summed E-state index contributed by atoms with van der Waals surface area (Å²) in [6.45, 7) is 1.22. The summed E-state index contributed by atoms with van der Waals surface area (Å²) < 4.78 is 35.3. The minimum Gasteiger partial charge on any atom is -0.495 e. The summed E-state index contributed by atoms with van der Waals surface area (Å²) in [6.07, 6.45) is 3.98. The van der Waals surface area contributed by atoms with Gasteiger partial charge in [0.25, 0.3) is 10.0 Å². The summed E-state index contributed by atoms with van der Waals surface area (Å²) in [6, 6.07) is 26.6. The van der Waals surface area contributed by atoms with Crippen LogP contribution in [-0.4, -0.2) is 50.9 Å². The number of amides is 2. The number of hydrogen-bond donors (Lipinski definition) is 1. The molecule has 1 atom stereocenters. The van der Waals surface area contributed by atoms with E-state index in [9.17, 15) is 18.0 Å². The van der Waals surface area contributed by atoms with Gasteiger partial charge < -0.3 is 15.0 Å². The molecule has 1 saturated carbocycles. The van der Waals surface area contributed by atoms with Crippen LogP contribution in [0.15, 0.2) is 102 Å². The van der Waals surface area contributed by atoms with Gasteiger partial charge in [0.2, 0.25) is 11.8 Å². The summed E-state index contributed by atoms with van der Waals surface area (Å²) >= 11 is 12.6. The minimum atomic E-state index is -4.27. The van der Waals surface area contributed by atoms with Crippen molar-refractivity contribution < 1.29 is 22.7 Å². The number of nitrogens with one attached hydrogen (secondary N) is 1. The average molecular weight is 709 g/mol. The summed E-state index contributed by atoms with van der Waals surface area (Å²) in [5, 5.41) is 3.83. The largest absolute Gasteiger partial charge is 0.495 e. The highest BCUT2D eigenvalue weighted by atomic mass is 35.5. The fourth-order valence-corrected chi connectivity index (χ4v) is 7.74. The molecule has 0 aromatic heterocycles. The van der Waals surface area contributed by atoms with Gasteiger partial charge in [0.05, 0.1) is 27.7 Å². The number of sulfonamides is 1. The van der Waals surface area contributed by atoms with E-state index in [1.54, 1.807) is 54.6 Å². The maximum atomic E-state index is 14.8. The molecule has 0 unspecified atom stereocenters. The van der Waals surface area contributed by atoms with E-state index in [2.05, 4.69) is 5.32 Å². The van der Waals surface area contributed by atoms with Crippen molar-refractivity contribution in [1.82, 2.24) is 10.2 Å². The van der Waals surface area contributed by atoms with Gasteiger partial charge in [0.1, 0.15) is 18.3 Å². The second-order valence-corrected chi connectivity index (χ2v) is 14.6. The van der Waals surface area contributed by atoms with Crippen molar-refractivity contribution in [2.24, 2.45) is 0 Å². The van der Waals surface area contributed by atoms with Crippen molar-refractivity contribution in [1.29, 1.82) is 0 Å². The Bertz CT molecular complexity index is 1830. The van der Waals surface area contributed by atoms with Crippen LogP contribution in [-0.2, 0) is 32.6 Å². The first-order chi connectivity index (χ1) is 23.1. The monoisotopic (exact) mass is 707 g/mol. The number of ether oxygens (including phenoxy) is 1. The first kappa shape index (κ1) is 35.3. The van der Waals surface area contributed by atoms with Crippen LogP contribution in [0, 0.1) is 6.92 Å². The Balaban J connectivity index is 1.61. The molecule has 4 aromatic rings. The lowest BCUT2D eigenvalue weighted by atomic mass is 10.0. The van der Waals surface area contributed by atoms with E-state index in [1.165, 1.54) is 24.1 Å². The smallest absolute Gasteiger partial charge is 0.264 e. The predicted octanol–water partition coefficient (Wildman–Crippen LogP) is 7.20. The van der Waals surface area contributed by atoms with E-state index >= 15 is 0 Å². The van der Waals surface area contributed by atoms with Crippen molar-refractivity contribution in [2.45, 2.75) is 62.6 Å². The summed E-state index contributed by atoms with van der Waals surface area (Å²) in [5.41, 5.74) is 2.47. The van der Waals surface area contributed by atoms with E-state index in [-0.39, 0.29) is 41.2 Å². The SMILES string of the molecule is COc1ccc(C)cc1N(CC(=O)N(Cc1ccc(Cl)c(Cl)c1)[C@H](Cc1ccccc1)C(=O)NC1CCCC1)S(=O)(=O)c1ccccc1. The Hall–Kier alpha value is -4.05. The van der Waals surface area contributed by atoms with Gasteiger partial charge in [-0.2, -0.15) is 0 Å². The summed E-state index contributed by atoms with van der Waals surface area (Å²) in [4.78, 5) is 30.4. The van der Waals surface area contributed by atoms with E-state index in [4.69, 9.17) is 27.9 Å². The Labute approximate surface area is 292 Å². The van der Waals surface area contributed by atoms with Crippen LogP contribution in [0.2, 0.25) is 10.0 Å². The van der Waals surface area contributed by atoms with Gasteiger partial charge in [-0.05, 0) is 72.9 Å². The molecule has 1 aliphatic carbocycles. The van der Waals surface area contributed by atoms with Crippen LogP contribution in [0.3, 0.4) is 0 Å². The van der Waals surface area contributed by atoms with Gasteiger partial charge in [0.15, 0.2) is 0 Å². The van der Waals surface area contributed by atoms with Gasteiger partial charge in [-0.3, -0.25) is 13.9 Å². The van der Waals surface area contributed by atoms with Crippen molar-refractivity contribution in [3.63, 3.8) is 0 Å². The molecule has 1 aliphatic rings. The molecule has 11 heteroatoms. The van der Waals surface area contributed by atoms with Crippen LogP contribution in [0.25, 0.3) is 0 Å². The van der Waals surface area contributed by atoms with Crippen LogP contribution >= 0.6 is 23.2 Å². The lowest BCUT2D eigenvalue weighted by Crippen LogP contribution is -2.54. The van der Waals surface area contributed by atoms with E-state index in [0.717, 1.165) is 41.1 Å². The summed E-state index contributed by atoms with van der Waals surface area (Å²) in [5.74, 6) is -0.597. The first-order valence-corrected chi connectivity index (χ1v) is 18.1. The molecule has 0 heterocycles. The van der Waals surface area contributed by atoms with E-state index < -0.39 is 28.5 Å². The van der Waals surface area contributed by atoms with E-state index in [0.29, 0.717) is 15.6 Å². The molecule has 5 rings (SSSR count). The zero-order valence-corrected chi connectivity index (χ0v) is 29.3. The molecule has 0 spiro atoms. The Morgan fingerprint density at radius 1 is 0.875 bits per heavy atom. The van der Waals surface area contributed by atoms with Crippen molar-refractivity contribution in [2.75, 3.05) is 18.0 Å². The second kappa shape index (κ2) is 15.9. The molecule has 1 fully saturated rings. The van der Waals surface area contributed by atoms with E-state index in [1.807, 2.05) is 37.3 Å². The Kier molecular flexibility index (Phi) is 11.7. The molecule has 8 nitrogen and oxygen atoms in total. The Morgan fingerprint density at radius 3 is 2.19 bits per heavy atom. The number of anilines is 1. The van der Waals surface area contributed by atoms with Crippen molar-refractivity contribution in [3.05, 3.63) is 124 Å². The Morgan fingerprint density at radius 2 is 1.54 bits per heavy atom. The zero-order valence-electron chi connectivity index (χ0n) is 26.9. The number of carbonyl (C=O) groups is 2. The maximum absolute atomic E-state index is 14.8. The predicted molar refractivity (Wildman–Crippen MR) is 190 cm³/mol. The number of methoxy groups -OCH3 is 1. The van der Waals surface area contributed by atoms with Crippen LogP contribution in [0.5, 0.6) is 5.75 Å². The standard InChI is InChI=1S/C37H39Cl2N3O5S/c1-26-17-20-35(47-2)33(21-26)42(48(45,46)30-15-7-4-8-16-30)25-36(43)41(24-28-18-19-31(38)32(39)22-28)34(23-27-11-5-3-6-12-27)37(44)40-29-13-9-10-14-29/h3-8,11-12,15-22,29,34H,9-10,13-14,23-25H2,1-2H3,(H,40,44)/t34-/m1/s1. The molecule has 0 radical (unpaired) electrons. The highest BCUT2D eigenvalue weighted by Gasteiger charge is 2.36. The van der Waals surface area contributed by atoms with Crippen molar-refractivity contribution in [3.8, 4) is 5.75 Å². The number of halogens is 2. The van der Waals surface area contributed by atoms with Gasteiger partial charge in [-0.15, -0.1) is 0 Å². The number of rotatable bonds is 13. The third kappa shape index (κ3) is 8.50. The molecule has 0 aliphatic heterocycles. The van der Waals surface area contributed by atoms with Crippen LogP contribution in [0.1, 0.15) is 42.4 Å². The van der Waals surface area contributed by atoms with Gasteiger partial charge in [-0.25, -0.2) is 8.42 Å². The topological polar surface area (TPSA) is 96.0 Å². The fourth-order valence-electron chi connectivity index (χ4n) is 5.98. The molecule has 0 bridgehead atoms. The fraction of sp³-hybridized carbons (Fsp3) is 0.297. The third-order valence-corrected chi connectivity index (χ3v) is 11.0. The minimum absolute atomic E-state index is 0.00390. The molecule has 2 amide bonds.